The fourth-order valence-electron chi connectivity index (χ4n) is 2.63. The number of rotatable bonds is 5. The lowest BCUT2D eigenvalue weighted by Crippen LogP contribution is -2.21. The fraction of sp³-hybridized carbons (Fsp3) is 0.467. The van der Waals surface area contributed by atoms with E-state index in [9.17, 15) is 9.59 Å². The van der Waals surface area contributed by atoms with Crippen molar-refractivity contribution in [2.75, 3.05) is 5.32 Å². The van der Waals surface area contributed by atoms with Gasteiger partial charge < -0.3 is 16.8 Å². The average Bonchev–Trinajstić information content (AvgIpc) is 2.36. The van der Waals surface area contributed by atoms with Crippen LogP contribution in [0.1, 0.15) is 43.4 Å². The molecule has 0 fully saturated rings. The van der Waals surface area contributed by atoms with Gasteiger partial charge in [-0.25, -0.2) is 0 Å². The minimum atomic E-state index is -0.294. The summed E-state index contributed by atoms with van der Waals surface area (Å²) in [7, 11) is 0. The van der Waals surface area contributed by atoms with Gasteiger partial charge in [0.1, 0.15) is 0 Å². The zero-order chi connectivity index (χ0) is 14.7. The molecule has 0 aromatic heterocycles. The van der Waals surface area contributed by atoms with Gasteiger partial charge in [0.25, 0.3) is 0 Å². The highest BCUT2D eigenvalue weighted by molar-refractivity contribution is 5.93. The van der Waals surface area contributed by atoms with Gasteiger partial charge >= 0.3 is 0 Å². The smallest absolute Gasteiger partial charge is 0.224 e. The molecular weight excluding hydrogens is 254 g/mol. The van der Waals surface area contributed by atoms with Gasteiger partial charge in [-0.05, 0) is 36.0 Å². The topological polar surface area (TPSA) is 98.2 Å². The summed E-state index contributed by atoms with van der Waals surface area (Å²) in [5.74, 6) is -0.0688. The predicted molar refractivity (Wildman–Crippen MR) is 77.9 cm³/mol. The van der Waals surface area contributed by atoms with Gasteiger partial charge in [-0.1, -0.05) is 19.1 Å². The van der Waals surface area contributed by atoms with Crippen LogP contribution in [-0.2, 0) is 16.0 Å². The Morgan fingerprint density at radius 1 is 1.40 bits per heavy atom. The molecule has 0 saturated heterocycles. The van der Waals surface area contributed by atoms with E-state index in [4.69, 9.17) is 11.5 Å². The van der Waals surface area contributed by atoms with E-state index in [2.05, 4.69) is 11.4 Å². The predicted octanol–water partition coefficient (Wildman–Crippen LogP) is 1.47. The van der Waals surface area contributed by atoms with E-state index >= 15 is 0 Å². The Hall–Kier alpha value is -1.88. The number of carbonyl (C=O) groups excluding carboxylic acids is 2. The summed E-state index contributed by atoms with van der Waals surface area (Å²) in [4.78, 5) is 22.2. The number of anilines is 1. The van der Waals surface area contributed by atoms with Gasteiger partial charge in [0.05, 0.1) is 0 Å². The van der Waals surface area contributed by atoms with Gasteiger partial charge in [0, 0.05) is 24.6 Å². The van der Waals surface area contributed by atoms with Crippen molar-refractivity contribution in [3.05, 3.63) is 29.3 Å². The zero-order valence-electron chi connectivity index (χ0n) is 11.7. The van der Waals surface area contributed by atoms with Crippen molar-refractivity contribution in [3.8, 4) is 0 Å². The van der Waals surface area contributed by atoms with Crippen LogP contribution >= 0.6 is 0 Å². The van der Waals surface area contributed by atoms with Crippen LogP contribution in [0.4, 0.5) is 5.69 Å². The van der Waals surface area contributed by atoms with Gasteiger partial charge in [-0.3, -0.25) is 9.59 Å². The van der Waals surface area contributed by atoms with Crippen LogP contribution in [0.25, 0.3) is 0 Å². The summed E-state index contributed by atoms with van der Waals surface area (Å²) in [6, 6.07) is 5.77. The maximum absolute atomic E-state index is 11.3. The zero-order valence-corrected chi connectivity index (χ0v) is 11.7. The second-order valence-electron chi connectivity index (χ2n) is 5.58. The maximum atomic E-state index is 11.3. The van der Waals surface area contributed by atoms with E-state index in [1.165, 1.54) is 0 Å². The third-order valence-electron chi connectivity index (χ3n) is 3.66. The molecule has 5 heteroatoms. The Bertz CT molecular complexity index is 528. The first-order valence-corrected chi connectivity index (χ1v) is 6.92. The molecule has 20 heavy (non-hydrogen) atoms. The molecule has 5 N–H and O–H groups in total. The second-order valence-corrected chi connectivity index (χ2v) is 5.58. The number of fused-ring (bicyclic) bond motifs is 1. The van der Waals surface area contributed by atoms with Crippen LogP contribution in [0.5, 0.6) is 0 Å². The lowest BCUT2D eigenvalue weighted by Gasteiger charge is -2.21. The first kappa shape index (κ1) is 14.5. The number of amides is 2. The lowest BCUT2D eigenvalue weighted by molar-refractivity contribution is -0.119. The summed E-state index contributed by atoms with van der Waals surface area (Å²) in [5, 5.41) is 2.85. The molecule has 1 aliphatic heterocycles. The van der Waals surface area contributed by atoms with E-state index in [0.29, 0.717) is 19.3 Å². The fourth-order valence-corrected chi connectivity index (χ4v) is 2.63. The monoisotopic (exact) mass is 275 g/mol. The third kappa shape index (κ3) is 3.57. The molecule has 2 amide bonds. The lowest BCUT2D eigenvalue weighted by atomic mass is 9.91. The highest BCUT2D eigenvalue weighted by atomic mass is 16.1. The number of carbonyl (C=O) groups is 2. The summed E-state index contributed by atoms with van der Waals surface area (Å²) in [6.07, 6.45) is 2.34. The highest BCUT2D eigenvalue weighted by Crippen LogP contribution is 2.28. The van der Waals surface area contributed by atoms with Crippen LogP contribution in [-0.4, -0.2) is 11.8 Å². The molecule has 2 unspecified atom stereocenters. The van der Waals surface area contributed by atoms with Crippen molar-refractivity contribution in [1.29, 1.82) is 0 Å². The van der Waals surface area contributed by atoms with Crippen molar-refractivity contribution in [3.63, 3.8) is 0 Å². The molecule has 108 valence electrons. The SMILES string of the molecule is CC(CC(N)=O)CC(N)c1ccc2c(c1)CCC(=O)N2. The normalized spacial score (nSPS) is 17.0. The van der Waals surface area contributed by atoms with Crippen LogP contribution in [0.15, 0.2) is 18.2 Å². The largest absolute Gasteiger partial charge is 0.370 e. The standard InChI is InChI=1S/C15H21N3O2/c1-9(7-14(17)19)6-12(16)10-2-4-13-11(8-10)3-5-15(20)18-13/h2,4,8-9,12H,3,5-7,16H2,1H3,(H2,17,19)(H,18,20). The van der Waals surface area contributed by atoms with Crippen LogP contribution < -0.4 is 16.8 Å². The number of hydrogen-bond donors (Lipinski definition) is 3. The van der Waals surface area contributed by atoms with Crippen molar-refractivity contribution >= 4 is 17.5 Å². The van der Waals surface area contributed by atoms with Gasteiger partial charge in [0.15, 0.2) is 0 Å². The molecule has 0 aliphatic carbocycles. The molecular formula is C15H21N3O2. The number of primary amides is 1. The van der Waals surface area contributed by atoms with Crippen molar-refractivity contribution in [2.24, 2.45) is 17.4 Å². The third-order valence-corrected chi connectivity index (χ3v) is 3.66. The summed E-state index contributed by atoms with van der Waals surface area (Å²) in [5.41, 5.74) is 14.4. The highest BCUT2D eigenvalue weighted by Gasteiger charge is 2.18. The molecule has 1 aliphatic rings. The molecule has 2 rings (SSSR count). The molecule has 0 bridgehead atoms. The molecule has 2 atom stereocenters. The molecule has 1 heterocycles. The van der Waals surface area contributed by atoms with E-state index < -0.39 is 0 Å². The molecule has 1 aromatic rings. The van der Waals surface area contributed by atoms with Crippen LogP contribution in [0, 0.1) is 5.92 Å². The average molecular weight is 275 g/mol. The van der Waals surface area contributed by atoms with Crippen molar-refractivity contribution in [1.82, 2.24) is 0 Å². The number of nitrogens with two attached hydrogens (primary N) is 2. The minimum Gasteiger partial charge on any atom is -0.370 e. The van der Waals surface area contributed by atoms with Crippen molar-refractivity contribution in [2.45, 2.75) is 38.6 Å². The van der Waals surface area contributed by atoms with E-state index in [-0.39, 0.29) is 23.8 Å². The maximum Gasteiger partial charge on any atom is 0.224 e. The second kappa shape index (κ2) is 6.05. The minimum absolute atomic E-state index is 0.0598. The first-order valence-electron chi connectivity index (χ1n) is 6.92. The van der Waals surface area contributed by atoms with E-state index in [0.717, 1.165) is 23.2 Å². The molecule has 1 aromatic carbocycles. The molecule has 0 spiro atoms. The molecule has 0 radical (unpaired) electrons. The van der Waals surface area contributed by atoms with E-state index in [1.54, 1.807) is 0 Å². The first-order chi connectivity index (χ1) is 9.45. The van der Waals surface area contributed by atoms with Crippen LogP contribution in [0.3, 0.4) is 0 Å². The number of hydrogen-bond acceptors (Lipinski definition) is 3. The number of aryl methyl sites for hydroxylation is 1. The molecule has 5 nitrogen and oxygen atoms in total. The molecule has 0 saturated carbocycles. The Balaban J connectivity index is 2.05. The number of benzene rings is 1. The van der Waals surface area contributed by atoms with E-state index in [1.807, 2.05) is 19.1 Å². The van der Waals surface area contributed by atoms with Crippen molar-refractivity contribution < 1.29 is 9.59 Å². The van der Waals surface area contributed by atoms with Crippen LogP contribution in [0.2, 0.25) is 0 Å². The quantitative estimate of drug-likeness (QED) is 0.759. The van der Waals surface area contributed by atoms with Gasteiger partial charge in [-0.15, -0.1) is 0 Å². The summed E-state index contributed by atoms with van der Waals surface area (Å²) < 4.78 is 0. The Morgan fingerprint density at radius 2 is 2.15 bits per heavy atom. The van der Waals surface area contributed by atoms with Gasteiger partial charge in [0.2, 0.25) is 11.8 Å². The Kier molecular flexibility index (Phi) is 4.39. The summed E-state index contributed by atoms with van der Waals surface area (Å²) in [6.45, 7) is 1.98. The summed E-state index contributed by atoms with van der Waals surface area (Å²) >= 11 is 0. The number of nitrogens with one attached hydrogen (secondary N) is 1. The Morgan fingerprint density at radius 3 is 2.85 bits per heavy atom. The Labute approximate surface area is 118 Å². The van der Waals surface area contributed by atoms with Gasteiger partial charge in [-0.2, -0.15) is 0 Å².